The van der Waals surface area contributed by atoms with Crippen molar-refractivity contribution in [3.8, 4) is 0 Å². The Bertz CT molecular complexity index is 205. The summed E-state index contributed by atoms with van der Waals surface area (Å²) < 4.78 is 6.25. The zero-order valence-electron chi connectivity index (χ0n) is 11.7. The first-order valence-electron chi connectivity index (χ1n) is 7.34. The molecule has 6 atom stereocenters. The number of unbranched alkanes of at least 4 members (excludes halogenated alkanes) is 1. The van der Waals surface area contributed by atoms with E-state index < -0.39 is 0 Å². The van der Waals surface area contributed by atoms with E-state index in [4.69, 9.17) is 9.63 Å². The minimum atomic E-state index is 0.154. The molecule has 0 aromatic heterocycles. The molecule has 0 bridgehead atoms. The first kappa shape index (κ1) is 17.3. The summed E-state index contributed by atoms with van der Waals surface area (Å²) in [6.07, 6.45) is 11.4. The third kappa shape index (κ3) is 6.58. The fourth-order valence-corrected chi connectivity index (χ4v) is 6.35. The Balaban J connectivity index is 2.27. The fourth-order valence-electron chi connectivity index (χ4n) is 2.79. The molecule has 1 heterocycles. The molecule has 1 rings (SSSR count). The van der Waals surface area contributed by atoms with Crippen molar-refractivity contribution in [1.29, 1.82) is 0 Å². The molecule has 0 radical (unpaired) electrons. The molecular weight excluding hydrogens is 281 g/mol. The van der Waals surface area contributed by atoms with Gasteiger partial charge in [-0.05, 0) is 45.7 Å². The van der Waals surface area contributed by atoms with Crippen LogP contribution in [-0.2, 0) is 4.74 Å². The van der Waals surface area contributed by atoms with Gasteiger partial charge in [0.1, 0.15) is 0 Å². The molecule has 0 aromatic carbocycles. The van der Waals surface area contributed by atoms with Gasteiger partial charge in [0, 0.05) is 8.50 Å². The Morgan fingerprint density at radius 3 is 2.72 bits per heavy atom. The standard InChI is InChI=1S/C13H29O2P3/c1-3-5-7-11(6-4-2)13-9-8-12(15-13)10-16-18-17-14/h11-14,16-18H,3-10H2,1-2H3/t11-,12-,13+/m0/s1. The van der Waals surface area contributed by atoms with Crippen molar-refractivity contribution >= 4 is 24.7 Å². The zero-order valence-corrected chi connectivity index (χ0v) is 14.7. The van der Waals surface area contributed by atoms with Crippen LogP contribution in [0, 0.1) is 5.92 Å². The SMILES string of the molecule is CCCC[C@H](CCC)[C@H]1CC[C@@H](CPPPO)O1. The summed E-state index contributed by atoms with van der Waals surface area (Å²) in [7, 11) is 1.83. The van der Waals surface area contributed by atoms with Crippen molar-refractivity contribution < 1.29 is 9.63 Å². The van der Waals surface area contributed by atoms with E-state index in [0.29, 0.717) is 12.2 Å². The lowest BCUT2D eigenvalue weighted by Crippen LogP contribution is -2.22. The highest BCUT2D eigenvalue weighted by atomic mass is 32.4. The molecule has 0 spiro atoms. The molecule has 108 valence electrons. The normalized spacial score (nSPS) is 27.5. The van der Waals surface area contributed by atoms with Crippen molar-refractivity contribution in [2.45, 2.75) is 71.0 Å². The van der Waals surface area contributed by atoms with Crippen LogP contribution in [0.3, 0.4) is 0 Å². The molecule has 0 aliphatic carbocycles. The quantitative estimate of drug-likeness (QED) is 0.459. The summed E-state index contributed by atoms with van der Waals surface area (Å²) >= 11 is 0. The predicted molar refractivity (Wildman–Crippen MR) is 87.8 cm³/mol. The molecule has 0 aromatic rings. The molecule has 1 fully saturated rings. The summed E-state index contributed by atoms with van der Waals surface area (Å²) in [5, 5.41) is 0. The highest BCUT2D eigenvalue weighted by Gasteiger charge is 2.30. The van der Waals surface area contributed by atoms with Gasteiger partial charge >= 0.3 is 0 Å². The number of ether oxygens (including phenoxy) is 1. The molecule has 1 N–H and O–H groups in total. The third-order valence-electron chi connectivity index (χ3n) is 3.73. The van der Waals surface area contributed by atoms with Crippen LogP contribution >= 0.6 is 24.7 Å². The Labute approximate surface area is 118 Å². The van der Waals surface area contributed by atoms with E-state index in [1.807, 2.05) is 0 Å². The molecule has 5 heteroatoms. The Kier molecular flexibility index (Phi) is 10.5. The topological polar surface area (TPSA) is 29.5 Å². The van der Waals surface area contributed by atoms with Gasteiger partial charge in [-0.2, -0.15) is 0 Å². The maximum Gasteiger partial charge on any atom is 0.0619 e. The predicted octanol–water partition coefficient (Wildman–Crippen LogP) is 4.91. The molecular formula is C13H29O2P3. The third-order valence-corrected chi connectivity index (χ3v) is 8.75. The first-order chi connectivity index (χ1) is 8.81. The van der Waals surface area contributed by atoms with Crippen LogP contribution in [0.2, 0.25) is 0 Å². The lowest BCUT2D eigenvalue weighted by Gasteiger charge is -2.23. The van der Waals surface area contributed by atoms with Crippen LogP contribution in [-0.4, -0.2) is 23.3 Å². The minimum Gasteiger partial charge on any atom is -0.374 e. The average Bonchev–Trinajstić information content (AvgIpc) is 2.83. The Hall–Kier alpha value is 1.21. The van der Waals surface area contributed by atoms with Crippen LogP contribution in [0.1, 0.15) is 58.8 Å². The number of hydrogen-bond donors (Lipinski definition) is 1. The summed E-state index contributed by atoms with van der Waals surface area (Å²) in [4.78, 5) is 8.85. The summed E-state index contributed by atoms with van der Waals surface area (Å²) in [5.41, 5.74) is 0. The summed E-state index contributed by atoms with van der Waals surface area (Å²) in [6.45, 7) is 4.56. The van der Waals surface area contributed by atoms with E-state index in [2.05, 4.69) is 13.8 Å². The van der Waals surface area contributed by atoms with Crippen molar-refractivity contribution in [2.24, 2.45) is 5.92 Å². The minimum absolute atomic E-state index is 0.154. The molecule has 1 aliphatic heterocycles. The van der Waals surface area contributed by atoms with Gasteiger partial charge in [-0.1, -0.05) is 41.4 Å². The fraction of sp³-hybridized carbons (Fsp3) is 1.00. The number of hydrogen-bond acceptors (Lipinski definition) is 2. The van der Waals surface area contributed by atoms with E-state index in [1.165, 1.54) is 51.1 Å². The molecule has 1 saturated heterocycles. The van der Waals surface area contributed by atoms with E-state index in [0.717, 1.165) is 22.1 Å². The highest BCUT2D eigenvalue weighted by molar-refractivity contribution is 8.42. The second kappa shape index (κ2) is 10.9. The lowest BCUT2D eigenvalue weighted by molar-refractivity contribution is 0.0152. The van der Waals surface area contributed by atoms with Gasteiger partial charge in [0.25, 0.3) is 0 Å². The van der Waals surface area contributed by atoms with Gasteiger partial charge in [-0.15, -0.1) is 0 Å². The average molecular weight is 310 g/mol. The Morgan fingerprint density at radius 2 is 2.06 bits per heavy atom. The van der Waals surface area contributed by atoms with Crippen molar-refractivity contribution in [3.05, 3.63) is 0 Å². The summed E-state index contributed by atoms with van der Waals surface area (Å²) in [6, 6.07) is 0. The molecule has 2 nitrogen and oxygen atoms in total. The van der Waals surface area contributed by atoms with Crippen LogP contribution in [0.5, 0.6) is 0 Å². The molecule has 3 unspecified atom stereocenters. The van der Waals surface area contributed by atoms with Gasteiger partial charge in [0.2, 0.25) is 0 Å². The van der Waals surface area contributed by atoms with E-state index in [1.54, 1.807) is 0 Å². The molecule has 0 saturated carbocycles. The monoisotopic (exact) mass is 310 g/mol. The smallest absolute Gasteiger partial charge is 0.0619 e. The van der Waals surface area contributed by atoms with Crippen molar-refractivity contribution in [1.82, 2.24) is 0 Å². The van der Waals surface area contributed by atoms with Crippen molar-refractivity contribution in [2.75, 3.05) is 6.16 Å². The maximum atomic E-state index is 8.85. The highest BCUT2D eigenvalue weighted by Crippen LogP contribution is 2.51. The molecule has 18 heavy (non-hydrogen) atoms. The first-order valence-corrected chi connectivity index (χ1v) is 12.5. The second-order valence-electron chi connectivity index (χ2n) is 5.18. The molecule has 0 amide bonds. The Morgan fingerprint density at radius 1 is 1.22 bits per heavy atom. The van der Waals surface area contributed by atoms with Gasteiger partial charge in [-0.3, -0.25) is 0 Å². The van der Waals surface area contributed by atoms with E-state index >= 15 is 0 Å². The summed E-state index contributed by atoms with van der Waals surface area (Å²) in [5.74, 6) is 0.797. The van der Waals surface area contributed by atoms with Crippen molar-refractivity contribution in [3.63, 3.8) is 0 Å². The van der Waals surface area contributed by atoms with Gasteiger partial charge in [0.05, 0.1) is 12.2 Å². The van der Waals surface area contributed by atoms with Crippen LogP contribution in [0.25, 0.3) is 0 Å². The van der Waals surface area contributed by atoms with Crippen LogP contribution in [0.4, 0.5) is 0 Å². The van der Waals surface area contributed by atoms with E-state index in [-0.39, 0.29) is 8.50 Å². The second-order valence-corrected chi connectivity index (χ2v) is 11.1. The van der Waals surface area contributed by atoms with Gasteiger partial charge in [0.15, 0.2) is 0 Å². The number of rotatable bonds is 10. The van der Waals surface area contributed by atoms with E-state index in [9.17, 15) is 0 Å². The maximum absolute atomic E-state index is 8.85. The van der Waals surface area contributed by atoms with Gasteiger partial charge in [-0.25, -0.2) is 0 Å². The van der Waals surface area contributed by atoms with Crippen LogP contribution < -0.4 is 0 Å². The zero-order chi connectivity index (χ0) is 13.2. The lowest BCUT2D eigenvalue weighted by atomic mass is 9.90. The van der Waals surface area contributed by atoms with Gasteiger partial charge < -0.3 is 9.63 Å². The largest absolute Gasteiger partial charge is 0.374 e. The molecule has 1 aliphatic rings. The van der Waals surface area contributed by atoms with Crippen LogP contribution in [0.15, 0.2) is 0 Å².